The summed E-state index contributed by atoms with van der Waals surface area (Å²) in [6.07, 6.45) is 2.81. The van der Waals surface area contributed by atoms with Gasteiger partial charge in [-0.3, -0.25) is 9.59 Å². The highest BCUT2D eigenvalue weighted by Crippen LogP contribution is 2.44. The third-order valence-electron chi connectivity index (χ3n) is 6.46. The zero-order valence-corrected chi connectivity index (χ0v) is 21.8. The van der Waals surface area contributed by atoms with Gasteiger partial charge in [-0.05, 0) is 82.8 Å². The number of carbonyl (C=O) groups excluding carboxylic acids is 2. The molecule has 1 aliphatic rings. The molecule has 0 saturated heterocycles. The molecule has 0 radical (unpaired) electrons. The quantitative estimate of drug-likeness (QED) is 0.371. The molecule has 1 heterocycles. The molecule has 0 fully saturated rings. The number of thiophene rings is 1. The SMILES string of the molecule is Cc1ccccc1C(=O)Nc1sc2c(c1C(=O)Nc1ccccc1Br)CCC(C(C)(C)C)C2. The predicted molar refractivity (Wildman–Crippen MR) is 141 cm³/mol. The lowest BCUT2D eigenvalue weighted by molar-refractivity contribution is 0.102. The highest BCUT2D eigenvalue weighted by Gasteiger charge is 2.34. The van der Waals surface area contributed by atoms with E-state index in [0.717, 1.165) is 34.9 Å². The lowest BCUT2D eigenvalue weighted by Gasteiger charge is -2.33. The van der Waals surface area contributed by atoms with Crippen molar-refractivity contribution >= 4 is 49.8 Å². The van der Waals surface area contributed by atoms with E-state index in [-0.39, 0.29) is 17.2 Å². The highest BCUT2D eigenvalue weighted by molar-refractivity contribution is 9.10. The van der Waals surface area contributed by atoms with Crippen LogP contribution in [0.2, 0.25) is 0 Å². The minimum Gasteiger partial charge on any atom is -0.321 e. The third-order valence-corrected chi connectivity index (χ3v) is 8.32. The second-order valence-electron chi connectivity index (χ2n) is 9.72. The topological polar surface area (TPSA) is 58.2 Å². The van der Waals surface area contributed by atoms with Crippen molar-refractivity contribution in [3.05, 3.63) is 80.1 Å². The molecule has 1 aromatic heterocycles. The maximum absolute atomic E-state index is 13.5. The molecule has 172 valence electrons. The van der Waals surface area contributed by atoms with Gasteiger partial charge in [-0.25, -0.2) is 0 Å². The molecule has 0 spiro atoms. The molecule has 33 heavy (non-hydrogen) atoms. The van der Waals surface area contributed by atoms with Crippen molar-refractivity contribution in [2.45, 2.75) is 47.0 Å². The first kappa shape index (κ1) is 23.7. The van der Waals surface area contributed by atoms with Crippen molar-refractivity contribution in [1.29, 1.82) is 0 Å². The molecule has 1 atom stereocenters. The molecule has 0 aliphatic heterocycles. The van der Waals surface area contributed by atoms with Crippen LogP contribution in [0.3, 0.4) is 0 Å². The summed E-state index contributed by atoms with van der Waals surface area (Å²) >= 11 is 5.06. The number of rotatable bonds is 4. The molecule has 4 nitrogen and oxygen atoms in total. The second-order valence-corrected chi connectivity index (χ2v) is 11.7. The number of carbonyl (C=O) groups is 2. The molecule has 0 bridgehead atoms. The Labute approximate surface area is 207 Å². The largest absolute Gasteiger partial charge is 0.321 e. The highest BCUT2D eigenvalue weighted by atomic mass is 79.9. The van der Waals surface area contributed by atoms with E-state index in [4.69, 9.17) is 0 Å². The van der Waals surface area contributed by atoms with E-state index >= 15 is 0 Å². The lowest BCUT2D eigenvalue weighted by Crippen LogP contribution is -2.27. The molecule has 1 unspecified atom stereocenters. The van der Waals surface area contributed by atoms with Crippen LogP contribution in [-0.2, 0) is 12.8 Å². The van der Waals surface area contributed by atoms with Crippen LogP contribution in [0.1, 0.15) is 63.9 Å². The molecule has 2 aromatic carbocycles. The number of anilines is 2. The first-order chi connectivity index (χ1) is 15.6. The van der Waals surface area contributed by atoms with Gasteiger partial charge in [0.1, 0.15) is 5.00 Å². The monoisotopic (exact) mass is 524 g/mol. The summed E-state index contributed by atoms with van der Waals surface area (Å²) in [6.45, 7) is 8.75. The number of benzene rings is 2. The minimum atomic E-state index is -0.186. The molecular weight excluding hydrogens is 496 g/mol. The maximum Gasteiger partial charge on any atom is 0.258 e. The zero-order valence-electron chi connectivity index (χ0n) is 19.4. The number of fused-ring (bicyclic) bond motifs is 1. The van der Waals surface area contributed by atoms with Crippen molar-refractivity contribution in [3.63, 3.8) is 0 Å². The summed E-state index contributed by atoms with van der Waals surface area (Å²) in [5.74, 6) is 0.172. The number of halogens is 1. The van der Waals surface area contributed by atoms with Crippen molar-refractivity contribution in [2.75, 3.05) is 10.6 Å². The molecule has 6 heteroatoms. The molecule has 1 aliphatic carbocycles. The van der Waals surface area contributed by atoms with Gasteiger partial charge in [-0.2, -0.15) is 0 Å². The van der Waals surface area contributed by atoms with Gasteiger partial charge in [0, 0.05) is 14.9 Å². The van der Waals surface area contributed by atoms with Crippen LogP contribution in [-0.4, -0.2) is 11.8 Å². The fourth-order valence-electron chi connectivity index (χ4n) is 4.40. The Morgan fingerprint density at radius 2 is 1.70 bits per heavy atom. The smallest absolute Gasteiger partial charge is 0.258 e. The van der Waals surface area contributed by atoms with E-state index < -0.39 is 0 Å². The van der Waals surface area contributed by atoms with Gasteiger partial charge >= 0.3 is 0 Å². The number of aryl methyl sites for hydroxylation is 1. The van der Waals surface area contributed by atoms with Gasteiger partial charge in [0.25, 0.3) is 11.8 Å². The summed E-state index contributed by atoms with van der Waals surface area (Å²) in [6, 6.07) is 15.1. The van der Waals surface area contributed by atoms with Crippen molar-refractivity contribution in [1.82, 2.24) is 0 Å². The standard InChI is InChI=1S/C27H29BrN2O2S/c1-16-9-5-6-10-18(16)24(31)30-26-23(25(32)29-21-12-8-7-11-20(21)28)19-14-13-17(27(2,3)4)15-22(19)33-26/h5-12,17H,13-15H2,1-4H3,(H,29,32)(H,30,31). The number of hydrogen-bond donors (Lipinski definition) is 2. The number of amides is 2. The molecule has 2 amide bonds. The van der Waals surface area contributed by atoms with Crippen LogP contribution in [0.15, 0.2) is 53.0 Å². The number of nitrogens with one attached hydrogen (secondary N) is 2. The second kappa shape index (κ2) is 9.43. The fraction of sp³-hybridized carbons (Fsp3) is 0.333. The van der Waals surface area contributed by atoms with Gasteiger partial charge in [0.05, 0.1) is 11.3 Å². The molecule has 0 saturated carbocycles. The van der Waals surface area contributed by atoms with Gasteiger partial charge in [-0.1, -0.05) is 51.1 Å². The minimum absolute atomic E-state index is 0.186. The first-order valence-electron chi connectivity index (χ1n) is 11.2. The average Bonchev–Trinajstić information content (AvgIpc) is 3.12. The van der Waals surface area contributed by atoms with E-state index in [1.54, 1.807) is 11.3 Å². The molecule has 3 aromatic rings. The van der Waals surface area contributed by atoms with E-state index in [9.17, 15) is 9.59 Å². The Hall–Kier alpha value is -2.44. The predicted octanol–water partition coefficient (Wildman–Crippen LogP) is 7.47. The Balaban J connectivity index is 1.71. The Kier molecular flexibility index (Phi) is 6.78. The lowest BCUT2D eigenvalue weighted by atomic mass is 9.72. The van der Waals surface area contributed by atoms with Gasteiger partial charge < -0.3 is 10.6 Å². The number of hydrogen-bond acceptors (Lipinski definition) is 3. The first-order valence-corrected chi connectivity index (χ1v) is 12.8. The van der Waals surface area contributed by atoms with E-state index in [2.05, 4.69) is 47.3 Å². The van der Waals surface area contributed by atoms with E-state index in [1.165, 1.54) is 4.88 Å². The molecule has 4 rings (SSSR count). The summed E-state index contributed by atoms with van der Waals surface area (Å²) in [5.41, 5.74) is 4.10. The van der Waals surface area contributed by atoms with Gasteiger partial charge in [-0.15, -0.1) is 11.3 Å². The summed E-state index contributed by atoms with van der Waals surface area (Å²) in [4.78, 5) is 27.8. The van der Waals surface area contributed by atoms with Crippen molar-refractivity contribution < 1.29 is 9.59 Å². The summed E-state index contributed by atoms with van der Waals surface area (Å²) in [5, 5.41) is 6.74. The van der Waals surface area contributed by atoms with Gasteiger partial charge in [0.15, 0.2) is 0 Å². The van der Waals surface area contributed by atoms with Crippen LogP contribution >= 0.6 is 27.3 Å². The summed E-state index contributed by atoms with van der Waals surface area (Å²) < 4.78 is 0.820. The van der Waals surface area contributed by atoms with Crippen LogP contribution in [0.25, 0.3) is 0 Å². The summed E-state index contributed by atoms with van der Waals surface area (Å²) in [7, 11) is 0. The van der Waals surface area contributed by atoms with Crippen LogP contribution in [0, 0.1) is 18.3 Å². The van der Waals surface area contributed by atoms with Crippen LogP contribution < -0.4 is 10.6 Å². The Morgan fingerprint density at radius 3 is 2.39 bits per heavy atom. The zero-order chi connectivity index (χ0) is 23.8. The van der Waals surface area contributed by atoms with Crippen molar-refractivity contribution in [2.24, 2.45) is 11.3 Å². The molecule has 2 N–H and O–H groups in total. The van der Waals surface area contributed by atoms with Crippen molar-refractivity contribution in [3.8, 4) is 0 Å². The Bertz CT molecular complexity index is 1210. The average molecular weight is 526 g/mol. The fourth-order valence-corrected chi connectivity index (χ4v) is 6.10. The van der Waals surface area contributed by atoms with E-state index in [0.29, 0.717) is 27.7 Å². The van der Waals surface area contributed by atoms with Gasteiger partial charge in [0.2, 0.25) is 0 Å². The van der Waals surface area contributed by atoms with E-state index in [1.807, 2.05) is 55.5 Å². The van der Waals surface area contributed by atoms with Crippen LogP contribution in [0.5, 0.6) is 0 Å². The third kappa shape index (κ3) is 5.07. The normalized spacial score (nSPS) is 15.6. The number of para-hydroxylation sites is 1. The molecular formula is C27H29BrN2O2S. The Morgan fingerprint density at radius 1 is 1.00 bits per heavy atom. The van der Waals surface area contributed by atoms with Crippen LogP contribution in [0.4, 0.5) is 10.7 Å². The maximum atomic E-state index is 13.5.